The molecule has 0 saturated carbocycles. The fraction of sp³-hybridized carbons (Fsp3) is 0.0870. The lowest BCUT2D eigenvalue weighted by atomic mass is 10.0. The lowest BCUT2D eigenvalue weighted by molar-refractivity contribution is 0.279. The third-order valence-corrected chi connectivity index (χ3v) is 4.37. The van der Waals surface area contributed by atoms with Crippen molar-refractivity contribution in [1.82, 2.24) is 0 Å². The van der Waals surface area contributed by atoms with Crippen LogP contribution >= 0.6 is 11.6 Å². The lowest BCUT2D eigenvalue weighted by Gasteiger charge is -2.12. The molecule has 140 valence electrons. The van der Waals surface area contributed by atoms with E-state index >= 15 is 0 Å². The van der Waals surface area contributed by atoms with Gasteiger partial charge >= 0.3 is 0 Å². The summed E-state index contributed by atoms with van der Waals surface area (Å²) in [6.07, 6.45) is 1.76. The molecule has 0 aliphatic carbocycles. The fourth-order valence-corrected chi connectivity index (χ4v) is 2.77. The normalized spacial score (nSPS) is 11.0. The fourth-order valence-electron chi connectivity index (χ4n) is 2.64. The van der Waals surface area contributed by atoms with E-state index in [1.807, 2.05) is 6.07 Å². The second-order valence-corrected chi connectivity index (χ2v) is 6.40. The first-order valence-corrected chi connectivity index (χ1v) is 8.90. The Bertz CT molecular complexity index is 1040. The van der Waals surface area contributed by atoms with E-state index in [4.69, 9.17) is 21.1 Å². The third-order valence-electron chi connectivity index (χ3n) is 4.12. The van der Waals surface area contributed by atoms with Crippen LogP contribution in [0.15, 0.2) is 66.7 Å². The van der Waals surface area contributed by atoms with Gasteiger partial charge in [0.15, 0.2) is 11.5 Å². The Hall–Kier alpha value is -3.29. The Labute approximate surface area is 168 Å². The van der Waals surface area contributed by atoms with Gasteiger partial charge in [0.2, 0.25) is 0 Å². The van der Waals surface area contributed by atoms with Crippen molar-refractivity contribution in [1.29, 1.82) is 5.26 Å². The second-order valence-electron chi connectivity index (χ2n) is 5.97. The predicted molar refractivity (Wildman–Crippen MR) is 109 cm³/mol. The Kier molecular flexibility index (Phi) is 6.31. The molecular formula is C23H17ClFNO2. The van der Waals surface area contributed by atoms with Crippen molar-refractivity contribution in [2.75, 3.05) is 7.11 Å². The Morgan fingerprint density at radius 3 is 2.50 bits per heavy atom. The molecule has 0 aliphatic rings. The van der Waals surface area contributed by atoms with E-state index in [0.717, 1.165) is 11.1 Å². The predicted octanol–water partition coefficient (Wildman–Crippen LogP) is 6.13. The summed E-state index contributed by atoms with van der Waals surface area (Å²) in [7, 11) is 1.53. The number of methoxy groups -OCH3 is 1. The standard InChI is InChI=1S/C23H17ClFNO2/c1-27-23-13-16(12-19(14-26)17-7-9-20(24)10-8-17)6-11-22(23)28-15-18-4-2-3-5-21(18)25/h2-13H,15H2,1H3/b19-12-. The monoisotopic (exact) mass is 393 g/mol. The molecule has 0 spiro atoms. The maximum atomic E-state index is 13.7. The topological polar surface area (TPSA) is 42.2 Å². The summed E-state index contributed by atoms with van der Waals surface area (Å²) in [4.78, 5) is 0. The summed E-state index contributed by atoms with van der Waals surface area (Å²) < 4.78 is 24.9. The molecule has 0 heterocycles. The Balaban J connectivity index is 1.83. The van der Waals surface area contributed by atoms with Crippen molar-refractivity contribution in [3.63, 3.8) is 0 Å². The average Bonchev–Trinajstić information content (AvgIpc) is 2.72. The number of nitrogens with zero attached hydrogens (tertiary/aromatic N) is 1. The van der Waals surface area contributed by atoms with E-state index in [9.17, 15) is 9.65 Å². The van der Waals surface area contributed by atoms with Gasteiger partial charge in [-0.15, -0.1) is 0 Å². The average molecular weight is 394 g/mol. The number of nitriles is 1. The molecule has 0 aromatic heterocycles. The highest BCUT2D eigenvalue weighted by Gasteiger charge is 2.09. The number of ether oxygens (including phenoxy) is 2. The van der Waals surface area contributed by atoms with Crippen LogP contribution in [0, 0.1) is 17.1 Å². The number of rotatable bonds is 6. The van der Waals surface area contributed by atoms with Gasteiger partial charge in [0, 0.05) is 10.6 Å². The van der Waals surface area contributed by atoms with E-state index < -0.39 is 0 Å². The summed E-state index contributed by atoms with van der Waals surface area (Å²) >= 11 is 5.90. The highest BCUT2D eigenvalue weighted by atomic mass is 35.5. The van der Waals surface area contributed by atoms with E-state index in [-0.39, 0.29) is 12.4 Å². The summed E-state index contributed by atoms with van der Waals surface area (Å²) in [6.45, 7) is 0.0897. The van der Waals surface area contributed by atoms with Gasteiger partial charge in [0.1, 0.15) is 12.4 Å². The summed E-state index contributed by atoms with van der Waals surface area (Å²) in [5.74, 6) is 0.675. The van der Waals surface area contributed by atoms with Crippen LogP contribution < -0.4 is 9.47 Å². The number of halogens is 2. The van der Waals surface area contributed by atoms with Gasteiger partial charge in [0.05, 0.1) is 18.8 Å². The molecule has 0 fully saturated rings. The molecular weight excluding hydrogens is 377 g/mol. The largest absolute Gasteiger partial charge is 0.493 e. The molecule has 0 amide bonds. The molecule has 0 bridgehead atoms. The lowest BCUT2D eigenvalue weighted by Crippen LogP contribution is -2.00. The first kappa shape index (κ1) is 19.5. The highest BCUT2D eigenvalue weighted by molar-refractivity contribution is 6.30. The summed E-state index contributed by atoms with van der Waals surface area (Å²) in [6, 6.07) is 21.0. The molecule has 28 heavy (non-hydrogen) atoms. The molecule has 0 radical (unpaired) electrons. The van der Waals surface area contributed by atoms with Crippen LogP contribution in [0.3, 0.4) is 0 Å². The van der Waals surface area contributed by atoms with Gasteiger partial charge in [-0.1, -0.05) is 48.0 Å². The van der Waals surface area contributed by atoms with Crippen molar-refractivity contribution in [3.8, 4) is 17.6 Å². The van der Waals surface area contributed by atoms with Crippen molar-refractivity contribution in [2.45, 2.75) is 6.61 Å². The molecule has 3 nitrogen and oxygen atoms in total. The summed E-state index contributed by atoms with van der Waals surface area (Å²) in [5, 5.41) is 10.1. The number of benzene rings is 3. The van der Waals surface area contributed by atoms with E-state index in [1.165, 1.54) is 13.2 Å². The minimum absolute atomic E-state index is 0.0897. The maximum absolute atomic E-state index is 13.7. The summed E-state index contributed by atoms with van der Waals surface area (Å²) in [5.41, 5.74) is 2.51. The number of hydrogen-bond acceptors (Lipinski definition) is 3. The minimum Gasteiger partial charge on any atom is -0.493 e. The molecule has 3 rings (SSSR count). The highest BCUT2D eigenvalue weighted by Crippen LogP contribution is 2.31. The molecule has 0 unspecified atom stereocenters. The van der Waals surface area contributed by atoms with Gasteiger partial charge < -0.3 is 9.47 Å². The van der Waals surface area contributed by atoms with Crippen LogP contribution in [-0.2, 0) is 6.61 Å². The van der Waals surface area contributed by atoms with Crippen LogP contribution in [0.25, 0.3) is 11.6 Å². The Morgan fingerprint density at radius 1 is 1.07 bits per heavy atom. The number of allylic oxidation sites excluding steroid dienone is 1. The van der Waals surface area contributed by atoms with Crippen molar-refractivity contribution >= 4 is 23.3 Å². The van der Waals surface area contributed by atoms with E-state index in [0.29, 0.717) is 27.7 Å². The van der Waals surface area contributed by atoms with Gasteiger partial charge in [-0.25, -0.2) is 4.39 Å². The first-order valence-electron chi connectivity index (χ1n) is 8.52. The van der Waals surface area contributed by atoms with Crippen LogP contribution in [-0.4, -0.2) is 7.11 Å². The first-order chi connectivity index (χ1) is 13.6. The number of hydrogen-bond donors (Lipinski definition) is 0. The van der Waals surface area contributed by atoms with Crippen molar-refractivity contribution in [2.24, 2.45) is 0 Å². The SMILES string of the molecule is COc1cc(/C=C(/C#N)c2ccc(Cl)cc2)ccc1OCc1ccccc1F. The zero-order valence-corrected chi connectivity index (χ0v) is 15.9. The Morgan fingerprint density at radius 2 is 1.82 bits per heavy atom. The second kappa shape index (κ2) is 9.07. The van der Waals surface area contributed by atoms with Crippen LogP contribution in [0.4, 0.5) is 4.39 Å². The third kappa shape index (κ3) is 4.70. The molecule has 0 atom stereocenters. The quantitative estimate of drug-likeness (QED) is 0.373. The maximum Gasteiger partial charge on any atom is 0.161 e. The molecule has 3 aromatic rings. The molecule has 0 aliphatic heterocycles. The van der Waals surface area contributed by atoms with Gasteiger partial charge in [-0.05, 0) is 47.5 Å². The van der Waals surface area contributed by atoms with Crippen LogP contribution in [0.5, 0.6) is 11.5 Å². The van der Waals surface area contributed by atoms with Crippen LogP contribution in [0.1, 0.15) is 16.7 Å². The minimum atomic E-state index is -0.317. The van der Waals surface area contributed by atoms with E-state index in [1.54, 1.807) is 60.7 Å². The zero-order valence-electron chi connectivity index (χ0n) is 15.2. The zero-order chi connectivity index (χ0) is 19.9. The van der Waals surface area contributed by atoms with Crippen molar-refractivity contribution in [3.05, 3.63) is 94.3 Å². The molecule has 3 aromatic carbocycles. The van der Waals surface area contributed by atoms with Crippen LogP contribution in [0.2, 0.25) is 5.02 Å². The molecule has 0 N–H and O–H groups in total. The van der Waals surface area contributed by atoms with Crippen molar-refractivity contribution < 1.29 is 13.9 Å². The smallest absolute Gasteiger partial charge is 0.161 e. The van der Waals surface area contributed by atoms with Gasteiger partial charge in [-0.3, -0.25) is 0 Å². The van der Waals surface area contributed by atoms with E-state index in [2.05, 4.69) is 6.07 Å². The van der Waals surface area contributed by atoms with Gasteiger partial charge in [-0.2, -0.15) is 5.26 Å². The molecule has 0 saturated heterocycles. The molecule has 5 heteroatoms. The van der Waals surface area contributed by atoms with Gasteiger partial charge in [0.25, 0.3) is 0 Å².